The van der Waals surface area contributed by atoms with Gasteiger partial charge in [-0.05, 0) is 13.8 Å². The molecule has 1 aliphatic rings. The van der Waals surface area contributed by atoms with Crippen molar-refractivity contribution < 1.29 is 19.1 Å². The number of cyclic esters (lactones) is 1. The number of rotatable bonds is 3. The number of ketones is 2. The number of ether oxygens (including phenoxy) is 1. The van der Waals surface area contributed by atoms with E-state index in [9.17, 15) is 14.4 Å². The first kappa shape index (κ1) is 15.9. The highest BCUT2D eigenvalue weighted by Crippen LogP contribution is 2.37. The number of hydrogen-bond donors (Lipinski definition) is 0. The molecule has 120 valence electrons. The molecular formula is C20H16O4. The maximum atomic E-state index is 12.9. The number of allylic oxidation sites excluding steroid dienone is 1. The van der Waals surface area contributed by atoms with Gasteiger partial charge in [-0.1, -0.05) is 60.7 Å². The molecule has 0 radical (unpaired) electrons. The minimum absolute atomic E-state index is 0.0266. The summed E-state index contributed by atoms with van der Waals surface area (Å²) in [7, 11) is 0. The lowest BCUT2D eigenvalue weighted by molar-refractivity contribution is -0.152. The van der Waals surface area contributed by atoms with Gasteiger partial charge in [0, 0.05) is 11.1 Å². The van der Waals surface area contributed by atoms with Crippen molar-refractivity contribution in [2.45, 2.75) is 13.8 Å². The van der Waals surface area contributed by atoms with Crippen LogP contribution < -0.4 is 0 Å². The summed E-state index contributed by atoms with van der Waals surface area (Å²) in [6.07, 6.45) is 0. The second kappa shape index (κ2) is 5.89. The topological polar surface area (TPSA) is 60.4 Å². The first-order valence-electron chi connectivity index (χ1n) is 7.59. The van der Waals surface area contributed by atoms with Crippen LogP contribution in [0.15, 0.2) is 66.2 Å². The van der Waals surface area contributed by atoms with Crippen molar-refractivity contribution in [3.8, 4) is 0 Å². The van der Waals surface area contributed by atoms with Crippen LogP contribution in [0.1, 0.15) is 29.8 Å². The number of hydrogen-bond acceptors (Lipinski definition) is 4. The highest BCUT2D eigenvalue weighted by atomic mass is 16.5. The SMILES string of the molecule is CC1(C)C(=O)OC(c2ccccc2)=C(C(=O)c2ccccc2)C1=O. The molecule has 2 aromatic carbocycles. The highest BCUT2D eigenvalue weighted by Gasteiger charge is 2.47. The lowest BCUT2D eigenvalue weighted by Gasteiger charge is -2.29. The molecule has 24 heavy (non-hydrogen) atoms. The lowest BCUT2D eigenvalue weighted by Crippen LogP contribution is -2.42. The summed E-state index contributed by atoms with van der Waals surface area (Å²) in [6, 6.07) is 17.2. The predicted octanol–water partition coefficient (Wildman–Crippen LogP) is 3.43. The van der Waals surface area contributed by atoms with Crippen LogP contribution >= 0.6 is 0 Å². The van der Waals surface area contributed by atoms with E-state index in [0.717, 1.165) is 0 Å². The van der Waals surface area contributed by atoms with Gasteiger partial charge in [-0.3, -0.25) is 14.4 Å². The molecule has 0 saturated carbocycles. The minimum atomic E-state index is -1.39. The summed E-state index contributed by atoms with van der Waals surface area (Å²) in [5.41, 5.74) is -0.577. The third-order valence-electron chi connectivity index (χ3n) is 4.03. The number of Topliss-reactive ketones (excluding diaryl/α,β-unsaturated/α-hetero) is 2. The van der Waals surface area contributed by atoms with E-state index in [-0.39, 0.29) is 11.3 Å². The van der Waals surface area contributed by atoms with Crippen LogP contribution in [0.2, 0.25) is 0 Å². The average molecular weight is 320 g/mol. The maximum absolute atomic E-state index is 12.9. The zero-order valence-corrected chi connectivity index (χ0v) is 13.4. The smallest absolute Gasteiger partial charge is 0.324 e. The van der Waals surface area contributed by atoms with Gasteiger partial charge < -0.3 is 4.74 Å². The van der Waals surface area contributed by atoms with Crippen molar-refractivity contribution in [2.75, 3.05) is 0 Å². The fourth-order valence-corrected chi connectivity index (χ4v) is 2.51. The lowest BCUT2D eigenvalue weighted by atomic mass is 9.79. The second-order valence-electron chi connectivity index (χ2n) is 6.11. The predicted molar refractivity (Wildman–Crippen MR) is 89.0 cm³/mol. The van der Waals surface area contributed by atoms with Gasteiger partial charge >= 0.3 is 5.97 Å². The molecule has 0 bridgehead atoms. The molecule has 0 aromatic heterocycles. The van der Waals surface area contributed by atoms with Gasteiger partial charge in [0.25, 0.3) is 0 Å². The molecule has 0 saturated heterocycles. The maximum Gasteiger partial charge on any atom is 0.324 e. The van der Waals surface area contributed by atoms with Crippen LogP contribution in [0.3, 0.4) is 0 Å². The Kier molecular flexibility index (Phi) is 3.89. The summed E-state index contributed by atoms with van der Waals surface area (Å²) >= 11 is 0. The van der Waals surface area contributed by atoms with Gasteiger partial charge in [0.1, 0.15) is 11.0 Å². The van der Waals surface area contributed by atoms with Crippen LogP contribution in [-0.2, 0) is 14.3 Å². The zero-order valence-electron chi connectivity index (χ0n) is 13.4. The van der Waals surface area contributed by atoms with Crippen molar-refractivity contribution >= 4 is 23.3 Å². The molecule has 4 heteroatoms. The van der Waals surface area contributed by atoms with Crippen molar-refractivity contribution in [1.29, 1.82) is 0 Å². The Morgan fingerprint density at radius 1 is 0.875 bits per heavy atom. The van der Waals surface area contributed by atoms with E-state index in [1.54, 1.807) is 60.7 Å². The van der Waals surface area contributed by atoms with Crippen LogP contribution in [0.25, 0.3) is 5.76 Å². The number of esters is 1. The standard InChI is InChI=1S/C20H16O4/c1-20(2)18(22)15(16(21)13-9-5-3-6-10-13)17(24-19(20)23)14-11-7-4-8-12-14/h3-12H,1-2H3. The van der Waals surface area contributed by atoms with Crippen molar-refractivity contribution in [3.63, 3.8) is 0 Å². The largest absolute Gasteiger partial charge is 0.424 e. The summed E-state index contributed by atoms with van der Waals surface area (Å²) < 4.78 is 5.41. The zero-order chi connectivity index (χ0) is 17.3. The van der Waals surface area contributed by atoms with E-state index in [0.29, 0.717) is 11.1 Å². The van der Waals surface area contributed by atoms with Gasteiger partial charge in [-0.25, -0.2) is 0 Å². The highest BCUT2D eigenvalue weighted by molar-refractivity contribution is 6.35. The average Bonchev–Trinajstić information content (AvgIpc) is 2.61. The van der Waals surface area contributed by atoms with Gasteiger partial charge in [0.05, 0.1) is 0 Å². The minimum Gasteiger partial charge on any atom is -0.424 e. The molecule has 0 aliphatic carbocycles. The summed E-state index contributed by atoms with van der Waals surface area (Å²) in [5.74, 6) is -1.60. The fraction of sp³-hybridized carbons (Fsp3) is 0.150. The Hall–Kier alpha value is -3.01. The fourth-order valence-electron chi connectivity index (χ4n) is 2.51. The molecule has 0 unspecified atom stereocenters. The molecule has 1 aliphatic heterocycles. The van der Waals surface area contributed by atoms with E-state index in [1.807, 2.05) is 0 Å². The van der Waals surface area contributed by atoms with E-state index in [2.05, 4.69) is 0 Å². The van der Waals surface area contributed by atoms with Gasteiger partial charge in [0.15, 0.2) is 17.3 Å². The van der Waals surface area contributed by atoms with Crippen molar-refractivity contribution in [3.05, 3.63) is 77.4 Å². The van der Waals surface area contributed by atoms with Crippen molar-refractivity contribution in [2.24, 2.45) is 5.41 Å². The number of carbonyl (C=O) groups is 3. The van der Waals surface area contributed by atoms with E-state index >= 15 is 0 Å². The normalized spacial score (nSPS) is 16.8. The molecule has 4 nitrogen and oxygen atoms in total. The molecule has 2 aromatic rings. The van der Waals surface area contributed by atoms with Crippen LogP contribution in [0.5, 0.6) is 0 Å². The quantitative estimate of drug-likeness (QED) is 0.376. The van der Waals surface area contributed by atoms with Crippen LogP contribution in [0, 0.1) is 5.41 Å². The molecule has 0 amide bonds. The van der Waals surface area contributed by atoms with E-state index in [1.165, 1.54) is 13.8 Å². The molecule has 0 atom stereocenters. The van der Waals surface area contributed by atoms with E-state index in [4.69, 9.17) is 4.74 Å². The molecule has 1 heterocycles. The van der Waals surface area contributed by atoms with Gasteiger partial charge in [-0.15, -0.1) is 0 Å². The Morgan fingerprint density at radius 2 is 1.42 bits per heavy atom. The Morgan fingerprint density at radius 3 is 2.00 bits per heavy atom. The molecule has 0 spiro atoms. The molecule has 0 N–H and O–H groups in total. The number of carbonyl (C=O) groups excluding carboxylic acids is 3. The third-order valence-corrected chi connectivity index (χ3v) is 4.03. The first-order chi connectivity index (χ1) is 11.4. The third kappa shape index (κ3) is 2.56. The van der Waals surface area contributed by atoms with Crippen LogP contribution in [-0.4, -0.2) is 17.5 Å². The number of benzene rings is 2. The van der Waals surface area contributed by atoms with E-state index < -0.39 is 23.0 Å². The first-order valence-corrected chi connectivity index (χ1v) is 7.59. The summed E-state index contributed by atoms with van der Waals surface area (Å²) in [4.78, 5) is 38.0. The second-order valence-corrected chi connectivity index (χ2v) is 6.11. The summed E-state index contributed by atoms with van der Waals surface area (Å²) in [6.45, 7) is 2.94. The Balaban J connectivity index is 2.22. The molecule has 0 fully saturated rings. The van der Waals surface area contributed by atoms with Crippen LogP contribution in [0.4, 0.5) is 0 Å². The molecular weight excluding hydrogens is 304 g/mol. The summed E-state index contributed by atoms with van der Waals surface area (Å²) in [5, 5.41) is 0. The Bertz CT molecular complexity index is 846. The van der Waals surface area contributed by atoms with Gasteiger partial charge in [0.2, 0.25) is 0 Å². The molecule has 3 rings (SSSR count). The Labute approximate surface area is 139 Å². The monoisotopic (exact) mass is 320 g/mol. The van der Waals surface area contributed by atoms with Gasteiger partial charge in [-0.2, -0.15) is 0 Å². The van der Waals surface area contributed by atoms with Crippen molar-refractivity contribution in [1.82, 2.24) is 0 Å².